The summed E-state index contributed by atoms with van der Waals surface area (Å²) in [6, 6.07) is 2.00. The minimum atomic E-state index is 1.01. The van der Waals surface area contributed by atoms with E-state index >= 15 is 0 Å². The number of thiophene rings is 1. The van der Waals surface area contributed by atoms with E-state index in [1.807, 2.05) is 25.3 Å². The third-order valence-corrected chi connectivity index (χ3v) is 2.50. The second kappa shape index (κ2) is 2.27. The van der Waals surface area contributed by atoms with E-state index in [1.54, 1.807) is 11.3 Å². The molecule has 2 heterocycles. The average Bonchev–Trinajstić information content (AvgIpc) is 2.36. The molecule has 0 aliphatic carbocycles. The summed E-state index contributed by atoms with van der Waals surface area (Å²) in [4.78, 5) is 9.81. The molecule has 2 aromatic rings. The maximum Gasteiger partial charge on any atom is 0.142 e. The first-order valence-corrected chi connectivity index (χ1v) is 4.34. The van der Waals surface area contributed by atoms with Crippen molar-refractivity contribution in [1.82, 2.24) is 9.97 Å². The summed E-state index contributed by atoms with van der Waals surface area (Å²) >= 11 is 1.64. The van der Waals surface area contributed by atoms with Gasteiger partial charge in [0.1, 0.15) is 10.3 Å². The highest BCUT2D eigenvalue weighted by Gasteiger charge is 2.00. The summed E-state index contributed by atoms with van der Waals surface area (Å²) in [6.07, 6.45) is 0. The minimum Gasteiger partial charge on any atom is -0.249 e. The van der Waals surface area contributed by atoms with E-state index in [4.69, 9.17) is 0 Å². The molecule has 3 heteroatoms. The van der Waals surface area contributed by atoms with Crippen LogP contribution in [0, 0.1) is 13.8 Å². The SMILES string of the molecule is Cc1nc2ccsc2nc1C. The molecule has 0 aliphatic heterocycles. The fourth-order valence-electron chi connectivity index (χ4n) is 0.958. The summed E-state index contributed by atoms with van der Waals surface area (Å²) in [5, 5.41) is 2.02. The lowest BCUT2D eigenvalue weighted by Gasteiger charge is -1.95. The van der Waals surface area contributed by atoms with E-state index in [-0.39, 0.29) is 0 Å². The van der Waals surface area contributed by atoms with Crippen LogP contribution in [0.25, 0.3) is 10.3 Å². The zero-order chi connectivity index (χ0) is 7.84. The molecule has 2 nitrogen and oxygen atoms in total. The van der Waals surface area contributed by atoms with Crippen LogP contribution < -0.4 is 0 Å². The molecule has 0 fully saturated rings. The monoisotopic (exact) mass is 164 g/mol. The van der Waals surface area contributed by atoms with Crippen LogP contribution in [0.4, 0.5) is 0 Å². The lowest BCUT2D eigenvalue weighted by Crippen LogP contribution is -1.89. The molecule has 0 N–H and O–H groups in total. The lowest BCUT2D eigenvalue weighted by atomic mass is 10.3. The van der Waals surface area contributed by atoms with Gasteiger partial charge >= 0.3 is 0 Å². The Kier molecular flexibility index (Phi) is 1.39. The van der Waals surface area contributed by atoms with E-state index in [0.29, 0.717) is 0 Å². The Morgan fingerprint density at radius 3 is 2.73 bits per heavy atom. The van der Waals surface area contributed by atoms with Gasteiger partial charge in [-0.25, -0.2) is 9.97 Å². The first-order chi connectivity index (χ1) is 5.27. The van der Waals surface area contributed by atoms with Gasteiger partial charge in [0.2, 0.25) is 0 Å². The second-order valence-electron chi connectivity index (χ2n) is 2.51. The Hall–Kier alpha value is -0.960. The lowest BCUT2D eigenvalue weighted by molar-refractivity contribution is 1.11. The van der Waals surface area contributed by atoms with Gasteiger partial charge in [0.05, 0.1) is 11.4 Å². The van der Waals surface area contributed by atoms with E-state index in [9.17, 15) is 0 Å². The van der Waals surface area contributed by atoms with Gasteiger partial charge in [0.15, 0.2) is 0 Å². The number of fused-ring (bicyclic) bond motifs is 1. The maximum absolute atomic E-state index is 4.39. The van der Waals surface area contributed by atoms with E-state index in [1.165, 1.54) is 0 Å². The van der Waals surface area contributed by atoms with Gasteiger partial charge in [0, 0.05) is 0 Å². The summed E-state index contributed by atoms with van der Waals surface area (Å²) in [5.74, 6) is 0. The fourth-order valence-corrected chi connectivity index (χ4v) is 1.71. The van der Waals surface area contributed by atoms with Gasteiger partial charge in [-0.15, -0.1) is 11.3 Å². The van der Waals surface area contributed by atoms with Crippen molar-refractivity contribution in [3.8, 4) is 0 Å². The van der Waals surface area contributed by atoms with Crippen LogP contribution in [0.5, 0.6) is 0 Å². The molecule has 2 rings (SSSR count). The van der Waals surface area contributed by atoms with Crippen molar-refractivity contribution < 1.29 is 0 Å². The van der Waals surface area contributed by atoms with Gasteiger partial charge in [-0.05, 0) is 25.3 Å². The first kappa shape index (κ1) is 6.73. The van der Waals surface area contributed by atoms with Crippen molar-refractivity contribution in [1.29, 1.82) is 0 Å². The highest BCUT2D eigenvalue weighted by Crippen LogP contribution is 2.17. The van der Waals surface area contributed by atoms with Crippen molar-refractivity contribution in [2.45, 2.75) is 13.8 Å². The molecule has 0 unspecified atom stereocenters. The van der Waals surface area contributed by atoms with E-state index < -0.39 is 0 Å². The third kappa shape index (κ3) is 1.01. The number of nitrogens with zero attached hydrogens (tertiary/aromatic N) is 2. The Bertz CT molecular complexity index is 356. The Balaban J connectivity index is 2.86. The van der Waals surface area contributed by atoms with Crippen LogP contribution in [-0.4, -0.2) is 9.97 Å². The van der Waals surface area contributed by atoms with Gasteiger partial charge in [-0.2, -0.15) is 0 Å². The largest absolute Gasteiger partial charge is 0.249 e. The van der Waals surface area contributed by atoms with Gasteiger partial charge in [0.25, 0.3) is 0 Å². The molecule has 0 saturated heterocycles. The number of hydrogen-bond acceptors (Lipinski definition) is 3. The summed E-state index contributed by atoms with van der Waals surface area (Å²) < 4.78 is 0. The van der Waals surface area contributed by atoms with Crippen molar-refractivity contribution >= 4 is 21.7 Å². The average molecular weight is 164 g/mol. The van der Waals surface area contributed by atoms with Crippen molar-refractivity contribution in [3.63, 3.8) is 0 Å². The van der Waals surface area contributed by atoms with Gasteiger partial charge in [-0.1, -0.05) is 0 Å². The van der Waals surface area contributed by atoms with Crippen LogP contribution in [0.2, 0.25) is 0 Å². The van der Waals surface area contributed by atoms with Crippen LogP contribution in [0.3, 0.4) is 0 Å². The molecule has 0 aromatic carbocycles. The Morgan fingerprint density at radius 1 is 1.18 bits per heavy atom. The Labute approximate surface area is 68.9 Å². The van der Waals surface area contributed by atoms with Crippen molar-refractivity contribution in [2.24, 2.45) is 0 Å². The van der Waals surface area contributed by atoms with E-state index in [2.05, 4.69) is 9.97 Å². The molecular weight excluding hydrogens is 156 g/mol. The molecule has 0 bridgehead atoms. The van der Waals surface area contributed by atoms with Crippen LogP contribution in [0.1, 0.15) is 11.4 Å². The third-order valence-electron chi connectivity index (χ3n) is 1.71. The molecule has 0 atom stereocenters. The zero-order valence-electron chi connectivity index (χ0n) is 6.46. The number of rotatable bonds is 0. The molecule has 0 aliphatic rings. The standard InChI is InChI=1S/C8H8N2S/c1-5-6(2)10-8-7(9-5)3-4-11-8/h3-4H,1-2H3. The summed E-state index contributed by atoms with van der Waals surface area (Å²) in [5.41, 5.74) is 3.06. The fraction of sp³-hybridized carbons (Fsp3) is 0.250. The molecule has 11 heavy (non-hydrogen) atoms. The number of hydrogen-bond donors (Lipinski definition) is 0. The molecule has 0 radical (unpaired) electrons. The smallest absolute Gasteiger partial charge is 0.142 e. The minimum absolute atomic E-state index is 1.01. The van der Waals surface area contributed by atoms with Gasteiger partial charge < -0.3 is 0 Å². The van der Waals surface area contributed by atoms with Crippen LogP contribution >= 0.6 is 11.3 Å². The zero-order valence-corrected chi connectivity index (χ0v) is 7.27. The number of aromatic nitrogens is 2. The Morgan fingerprint density at radius 2 is 1.91 bits per heavy atom. The molecule has 0 spiro atoms. The molecule has 56 valence electrons. The quantitative estimate of drug-likeness (QED) is 0.597. The summed E-state index contributed by atoms with van der Waals surface area (Å²) in [7, 11) is 0. The molecule has 0 saturated carbocycles. The van der Waals surface area contributed by atoms with Gasteiger partial charge in [-0.3, -0.25) is 0 Å². The second-order valence-corrected chi connectivity index (χ2v) is 3.40. The highest BCUT2D eigenvalue weighted by molar-refractivity contribution is 7.16. The normalized spacial score (nSPS) is 10.7. The maximum atomic E-state index is 4.39. The topological polar surface area (TPSA) is 25.8 Å². The van der Waals surface area contributed by atoms with Crippen molar-refractivity contribution in [2.75, 3.05) is 0 Å². The highest BCUT2D eigenvalue weighted by atomic mass is 32.1. The predicted molar refractivity (Wildman–Crippen MR) is 46.9 cm³/mol. The van der Waals surface area contributed by atoms with Crippen LogP contribution in [-0.2, 0) is 0 Å². The first-order valence-electron chi connectivity index (χ1n) is 3.46. The molecule has 0 amide bonds. The summed E-state index contributed by atoms with van der Waals surface area (Å²) in [6.45, 7) is 3.97. The van der Waals surface area contributed by atoms with E-state index in [0.717, 1.165) is 21.7 Å². The molecule has 2 aromatic heterocycles. The van der Waals surface area contributed by atoms with Crippen molar-refractivity contribution in [3.05, 3.63) is 22.8 Å². The molecular formula is C8H8N2S. The predicted octanol–water partition coefficient (Wildman–Crippen LogP) is 2.31. The van der Waals surface area contributed by atoms with Crippen LogP contribution in [0.15, 0.2) is 11.4 Å². The number of aryl methyl sites for hydroxylation is 2.